The lowest BCUT2D eigenvalue weighted by Gasteiger charge is -2.06. The molecule has 0 atom stereocenters. The van der Waals surface area contributed by atoms with Crippen molar-refractivity contribution in [2.24, 2.45) is 5.10 Å². The number of para-hydroxylation sites is 1. The first kappa shape index (κ1) is 15.5. The normalized spacial score (nSPS) is 10.2. The molecule has 2 aromatic carbocycles. The Labute approximate surface area is 133 Å². The van der Waals surface area contributed by atoms with Crippen molar-refractivity contribution in [2.45, 2.75) is 0 Å². The lowest BCUT2D eigenvalue weighted by molar-refractivity contribution is -0.119. The number of amides is 1. The Kier molecular flexibility index (Phi) is 5.52. The molecule has 0 radical (unpaired) electrons. The number of nitriles is 1. The third kappa shape index (κ3) is 4.62. The van der Waals surface area contributed by atoms with Gasteiger partial charge in [0.2, 0.25) is 0 Å². The molecule has 0 aliphatic carbocycles. The minimum absolute atomic E-state index is 0.0639. The number of rotatable bonds is 5. The summed E-state index contributed by atoms with van der Waals surface area (Å²) in [7, 11) is 0. The fourth-order valence-corrected chi connectivity index (χ4v) is 1.84. The van der Waals surface area contributed by atoms with Crippen LogP contribution < -0.4 is 10.7 Å². The Bertz CT molecular complexity index is 720. The molecule has 0 saturated heterocycles. The maximum atomic E-state index is 11.6. The zero-order valence-corrected chi connectivity index (χ0v) is 12.3. The van der Waals surface area contributed by atoms with Crippen LogP contribution in [0, 0.1) is 11.3 Å². The van der Waals surface area contributed by atoms with E-state index in [-0.39, 0.29) is 12.5 Å². The third-order valence-electron chi connectivity index (χ3n) is 2.76. The summed E-state index contributed by atoms with van der Waals surface area (Å²) in [6.45, 7) is 0.0639. The molecule has 0 spiro atoms. The lowest BCUT2D eigenvalue weighted by Crippen LogP contribution is -2.25. The molecule has 2 N–H and O–H groups in total. The number of hydrogen-bond donors (Lipinski definition) is 2. The van der Waals surface area contributed by atoms with Gasteiger partial charge in [-0.1, -0.05) is 35.9 Å². The van der Waals surface area contributed by atoms with Crippen LogP contribution in [0.25, 0.3) is 0 Å². The van der Waals surface area contributed by atoms with Crippen LogP contribution in [-0.4, -0.2) is 18.7 Å². The van der Waals surface area contributed by atoms with E-state index >= 15 is 0 Å². The number of hydrazone groups is 1. The smallest absolute Gasteiger partial charge is 0.259 e. The highest BCUT2D eigenvalue weighted by atomic mass is 35.5. The van der Waals surface area contributed by atoms with E-state index in [1.54, 1.807) is 36.4 Å². The molecule has 0 unspecified atom stereocenters. The number of halogens is 1. The molecule has 5 nitrogen and oxygen atoms in total. The van der Waals surface area contributed by atoms with Gasteiger partial charge in [-0.15, -0.1) is 0 Å². The maximum absolute atomic E-state index is 11.6. The number of benzene rings is 2. The quantitative estimate of drug-likeness (QED) is 0.658. The van der Waals surface area contributed by atoms with Crippen molar-refractivity contribution in [3.63, 3.8) is 0 Å². The SMILES string of the molecule is N#Cc1ccc(/C=N/NC(=O)CNc2ccccc2Cl)cc1. The topological polar surface area (TPSA) is 77.3 Å². The van der Waals surface area contributed by atoms with Crippen LogP contribution in [0.2, 0.25) is 5.02 Å². The van der Waals surface area contributed by atoms with Crippen molar-refractivity contribution >= 4 is 29.4 Å². The maximum Gasteiger partial charge on any atom is 0.259 e. The molecule has 6 heteroatoms. The monoisotopic (exact) mass is 312 g/mol. The molecule has 0 aliphatic rings. The summed E-state index contributed by atoms with van der Waals surface area (Å²) in [6, 6.07) is 16.1. The fourth-order valence-electron chi connectivity index (χ4n) is 1.64. The minimum atomic E-state index is -0.287. The molecule has 0 fully saturated rings. The van der Waals surface area contributed by atoms with Gasteiger partial charge in [0.1, 0.15) is 0 Å². The minimum Gasteiger partial charge on any atom is -0.375 e. The van der Waals surface area contributed by atoms with E-state index < -0.39 is 0 Å². The zero-order valence-electron chi connectivity index (χ0n) is 11.6. The van der Waals surface area contributed by atoms with Gasteiger partial charge in [-0.2, -0.15) is 10.4 Å². The molecule has 0 aromatic heterocycles. The van der Waals surface area contributed by atoms with Gasteiger partial charge in [0.25, 0.3) is 5.91 Å². The summed E-state index contributed by atoms with van der Waals surface area (Å²) in [5.74, 6) is -0.287. The van der Waals surface area contributed by atoms with Crippen LogP contribution >= 0.6 is 11.6 Å². The van der Waals surface area contributed by atoms with Crippen molar-refractivity contribution in [1.82, 2.24) is 5.43 Å². The van der Waals surface area contributed by atoms with Crippen LogP contribution in [0.4, 0.5) is 5.69 Å². The average Bonchev–Trinajstić information content (AvgIpc) is 2.55. The second-order valence-electron chi connectivity index (χ2n) is 4.36. The van der Waals surface area contributed by atoms with Crippen LogP contribution in [0.3, 0.4) is 0 Å². The second kappa shape index (κ2) is 7.81. The highest BCUT2D eigenvalue weighted by Gasteiger charge is 2.02. The molecule has 2 aromatic rings. The van der Waals surface area contributed by atoms with Gasteiger partial charge in [0.05, 0.1) is 35.1 Å². The predicted molar refractivity (Wildman–Crippen MR) is 86.8 cm³/mol. The van der Waals surface area contributed by atoms with E-state index in [0.717, 1.165) is 5.56 Å². The van der Waals surface area contributed by atoms with Gasteiger partial charge in [-0.25, -0.2) is 5.43 Å². The van der Waals surface area contributed by atoms with Crippen molar-refractivity contribution < 1.29 is 4.79 Å². The summed E-state index contributed by atoms with van der Waals surface area (Å²) in [5.41, 5.74) is 4.46. The van der Waals surface area contributed by atoms with Gasteiger partial charge in [-0.05, 0) is 29.8 Å². The Morgan fingerprint density at radius 1 is 1.23 bits per heavy atom. The molecule has 110 valence electrons. The number of nitrogens with one attached hydrogen (secondary N) is 2. The van der Waals surface area contributed by atoms with E-state index in [1.165, 1.54) is 6.21 Å². The first-order valence-corrected chi connectivity index (χ1v) is 6.87. The predicted octanol–water partition coefficient (Wildman–Crippen LogP) is 2.77. The molecular weight excluding hydrogens is 300 g/mol. The molecule has 0 heterocycles. The summed E-state index contributed by atoms with van der Waals surface area (Å²) in [6.07, 6.45) is 1.51. The molecule has 0 bridgehead atoms. The fraction of sp³-hybridized carbons (Fsp3) is 0.0625. The molecular formula is C16H13ClN4O. The van der Waals surface area contributed by atoms with Crippen LogP contribution in [0.1, 0.15) is 11.1 Å². The summed E-state index contributed by atoms with van der Waals surface area (Å²) >= 11 is 5.97. The number of hydrogen-bond acceptors (Lipinski definition) is 4. The molecule has 2 rings (SSSR count). The van der Waals surface area contributed by atoms with Crippen LogP contribution in [-0.2, 0) is 4.79 Å². The second-order valence-corrected chi connectivity index (χ2v) is 4.77. The molecule has 0 aliphatic heterocycles. The summed E-state index contributed by atoms with van der Waals surface area (Å²) < 4.78 is 0. The molecule has 22 heavy (non-hydrogen) atoms. The van der Waals surface area contributed by atoms with E-state index in [0.29, 0.717) is 16.3 Å². The number of carbonyl (C=O) groups is 1. The Balaban J connectivity index is 1.81. The summed E-state index contributed by atoms with van der Waals surface area (Å²) in [5, 5.41) is 16.0. The van der Waals surface area contributed by atoms with Gasteiger partial charge in [0.15, 0.2) is 0 Å². The van der Waals surface area contributed by atoms with Crippen molar-refractivity contribution in [1.29, 1.82) is 5.26 Å². The zero-order chi connectivity index (χ0) is 15.8. The Morgan fingerprint density at radius 2 is 1.95 bits per heavy atom. The van der Waals surface area contributed by atoms with Gasteiger partial charge in [0, 0.05) is 0 Å². The molecule has 1 amide bonds. The number of nitrogens with zero attached hydrogens (tertiary/aromatic N) is 2. The van der Waals surface area contributed by atoms with Gasteiger partial charge in [-0.3, -0.25) is 4.79 Å². The van der Waals surface area contributed by atoms with Gasteiger partial charge < -0.3 is 5.32 Å². The van der Waals surface area contributed by atoms with E-state index in [9.17, 15) is 4.79 Å². The largest absolute Gasteiger partial charge is 0.375 e. The van der Waals surface area contributed by atoms with E-state index in [2.05, 4.69) is 15.8 Å². The molecule has 0 saturated carbocycles. The van der Waals surface area contributed by atoms with Crippen LogP contribution in [0.15, 0.2) is 53.6 Å². The first-order valence-electron chi connectivity index (χ1n) is 6.49. The number of anilines is 1. The Morgan fingerprint density at radius 3 is 2.64 bits per heavy atom. The first-order chi connectivity index (χ1) is 10.7. The Hall–Kier alpha value is -2.84. The highest BCUT2D eigenvalue weighted by molar-refractivity contribution is 6.33. The van der Waals surface area contributed by atoms with Crippen LogP contribution in [0.5, 0.6) is 0 Å². The van der Waals surface area contributed by atoms with E-state index in [1.807, 2.05) is 18.2 Å². The van der Waals surface area contributed by atoms with Crippen molar-refractivity contribution in [2.75, 3.05) is 11.9 Å². The average molecular weight is 313 g/mol. The summed E-state index contributed by atoms with van der Waals surface area (Å²) in [4.78, 5) is 11.6. The van der Waals surface area contributed by atoms with E-state index in [4.69, 9.17) is 16.9 Å². The number of carbonyl (C=O) groups excluding carboxylic acids is 1. The lowest BCUT2D eigenvalue weighted by atomic mass is 10.2. The standard InChI is InChI=1S/C16H13ClN4O/c17-14-3-1-2-4-15(14)19-11-16(22)21-20-10-13-7-5-12(9-18)6-8-13/h1-8,10,19H,11H2,(H,21,22)/b20-10+. The van der Waals surface area contributed by atoms with Gasteiger partial charge >= 0.3 is 0 Å². The third-order valence-corrected chi connectivity index (χ3v) is 3.09. The van der Waals surface area contributed by atoms with Crippen molar-refractivity contribution in [3.05, 3.63) is 64.7 Å². The van der Waals surface area contributed by atoms with Crippen molar-refractivity contribution in [3.8, 4) is 6.07 Å². The highest BCUT2D eigenvalue weighted by Crippen LogP contribution is 2.19.